The zero-order valence-corrected chi connectivity index (χ0v) is 13.0. The molecule has 0 aliphatic heterocycles. The van der Waals surface area contributed by atoms with Crippen molar-refractivity contribution in [2.24, 2.45) is 11.3 Å². The van der Waals surface area contributed by atoms with Gasteiger partial charge in [0, 0.05) is 0 Å². The fraction of sp³-hybridized carbons (Fsp3) is 0.588. The second-order valence-corrected chi connectivity index (χ2v) is 6.15. The van der Waals surface area contributed by atoms with E-state index >= 15 is 0 Å². The van der Waals surface area contributed by atoms with Crippen LogP contribution in [0.15, 0.2) is 18.2 Å². The van der Waals surface area contributed by atoms with Crippen LogP contribution in [0, 0.1) is 11.3 Å². The standard InChI is InChI=1S/C17H24O4/c1-12-5-4-8-17(10-12,16(18)19)11-13-6-7-14(20-2)15(9-13)21-3/h6-7,9,12H,4-5,8,10-11H2,1-3H3,(H,18,19). The van der Waals surface area contributed by atoms with Gasteiger partial charge in [0.25, 0.3) is 0 Å². The monoisotopic (exact) mass is 292 g/mol. The molecule has 1 N–H and O–H groups in total. The molecule has 21 heavy (non-hydrogen) atoms. The van der Waals surface area contributed by atoms with Gasteiger partial charge >= 0.3 is 5.97 Å². The summed E-state index contributed by atoms with van der Waals surface area (Å²) in [6.45, 7) is 2.14. The Morgan fingerprint density at radius 1 is 1.33 bits per heavy atom. The van der Waals surface area contributed by atoms with Gasteiger partial charge in [-0.3, -0.25) is 4.79 Å². The number of carboxylic acids is 1. The number of rotatable bonds is 5. The average molecular weight is 292 g/mol. The van der Waals surface area contributed by atoms with Crippen molar-refractivity contribution < 1.29 is 19.4 Å². The quantitative estimate of drug-likeness (QED) is 0.902. The third-order valence-corrected chi connectivity index (χ3v) is 4.54. The highest BCUT2D eigenvalue weighted by atomic mass is 16.5. The van der Waals surface area contributed by atoms with Crippen molar-refractivity contribution in [3.63, 3.8) is 0 Å². The molecule has 1 aliphatic rings. The largest absolute Gasteiger partial charge is 0.493 e. The molecule has 0 radical (unpaired) electrons. The lowest BCUT2D eigenvalue weighted by atomic mass is 9.67. The molecule has 4 heteroatoms. The molecular weight excluding hydrogens is 268 g/mol. The maximum absolute atomic E-state index is 11.8. The third-order valence-electron chi connectivity index (χ3n) is 4.54. The first-order valence-corrected chi connectivity index (χ1v) is 7.45. The zero-order chi connectivity index (χ0) is 15.5. The highest BCUT2D eigenvalue weighted by Crippen LogP contribution is 2.43. The van der Waals surface area contributed by atoms with Crippen molar-refractivity contribution in [3.05, 3.63) is 23.8 Å². The van der Waals surface area contributed by atoms with E-state index in [0.29, 0.717) is 23.8 Å². The molecule has 1 fully saturated rings. The Kier molecular flexibility index (Phi) is 4.76. The van der Waals surface area contributed by atoms with Crippen LogP contribution < -0.4 is 9.47 Å². The number of hydrogen-bond donors (Lipinski definition) is 1. The molecule has 0 saturated heterocycles. The molecule has 0 bridgehead atoms. The summed E-state index contributed by atoms with van der Waals surface area (Å²) in [5, 5.41) is 9.74. The van der Waals surface area contributed by atoms with E-state index in [1.54, 1.807) is 14.2 Å². The molecule has 0 spiro atoms. The smallest absolute Gasteiger partial charge is 0.309 e. The summed E-state index contributed by atoms with van der Waals surface area (Å²) in [6.07, 6.45) is 4.16. The van der Waals surface area contributed by atoms with Gasteiger partial charge in [0.15, 0.2) is 11.5 Å². The van der Waals surface area contributed by atoms with Crippen LogP contribution in [0.4, 0.5) is 0 Å². The van der Waals surface area contributed by atoms with E-state index in [4.69, 9.17) is 9.47 Å². The van der Waals surface area contributed by atoms with Crippen LogP contribution in [0.1, 0.15) is 38.2 Å². The first kappa shape index (κ1) is 15.7. The van der Waals surface area contributed by atoms with Gasteiger partial charge in [-0.2, -0.15) is 0 Å². The maximum atomic E-state index is 11.8. The second kappa shape index (κ2) is 6.37. The third kappa shape index (κ3) is 3.31. The molecule has 116 valence electrons. The van der Waals surface area contributed by atoms with Crippen molar-refractivity contribution in [1.82, 2.24) is 0 Å². The number of ether oxygens (including phenoxy) is 2. The average Bonchev–Trinajstić information content (AvgIpc) is 2.47. The van der Waals surface area contributed by atoms with E-state index < -0.39 is 11.4 Å². The van der Waals surface area contributed by atoms with Crippen LogP contribution in [0.3, 0.4) is 0 Å². The van der Waals surface area contributed by atoms with Gasteiger partial charge in [-0.05, 0) is 42.9 Å². The number of aliphatic carboxylic acids is 1. The highest BCUT2D eigenvalue weighted by molar-refractivity contribution is 5.75. The number of hydrogen-bond acceptors (Lipinski definition) is 3. The van der Waals surface area contributed by atoms with Gasteiger partial charge in [-0.1, -0.05) is 25.8 Å². The molecule has 0 heterocycles. The molecule has 2 atom stereocenters. The molecule has 1 aliphatic carbocycles. The minimum atomic E-state index is -0.677. The Hall–Kier alpha value is -1.71. The Bertz CT molecular complexity index is 512. The lowest BCUT2D eigenvalue weighted by molar-refractivity contribution is -0.152. The second-order valence-electron chi connectivity index (χ2n) is 6.15. The summed E-state index contributed by atoms with van der Waals surface area (Å²) >= 11 is 0. The minimum absolute atomic E-state index is 0.468. The number of benzene rings is 1. The summed E-state index contributed by atoms with van der Waals surface area (Å²) in [7, 11) is 3.19. The Morgan fingerprint density at radius 3 is 2.62 bits per heavy atom. The first-order chi connectivity index (χ1) is 10.0. The molecule has 0 aromatic heterocycles. The lowest BCUT2D eigenvalue weighted by Gasteiger charge is -2.36. The van der Waals surface area contributed by atoms with Gasteiger partial charge < -0.3 is 14.6 Å². The number of methoxy groups -OCH3 is 2. The highest BCUT2D eigenvalue weighted by Gasteiger charge is 2.41. The van der Waals surface area contributed by atoms with Crippen LogP contribution in [-0.4, -0.2) is 25.3 Å². The van der Waals surface area contributed by atoms with Crippen LogP contribution in [-0.2, 0) is 11.2 Å². The van der Waals surface area contributed by atoms with E-state index in [0.717, 1.165) is 31.2 Å². The molecule has 1 saturated carbocycles. The minimum Gasteiger partial charge on any atom is -0.493 e. The lowest BCUT2D eigenvalue weighted by Crippen LogP contribution is -2.37. The number of carbonyl (C=O) groups is 1. The first-order valence-electron chi connectivity index (χ1n) is 7.45. The normalized spacial score (nSPS) is 25.4. The van der Waals surface area contributed by atoms with Crippen molar-refractivity contribution in [3.8, 4) is 11.5 Å². The molecule has 0 amide bonds. The Labute approximate surface area is 126 Å². The van der Waals surface area contributed by atoms with E-state index in [2.05, 4.69) is 6.92 Å². The maximum Gasteiger partial charge on any atom is 0.309 e. The van der Waals surface area contributed by atoms with Gasteiger partial charge in [-0.15, -0.1) is 0 Å². The van der Waals surface area contributed by atoms with Crippen LogP contribution in [0.2, 0.25) is 0 Å². The van der Waals surface area contributed by atoms with Gasteiger partial charge in [0.05, 0.1) is 19.6 Å². The van der Waals surface area contributed by atoms with E-state index in [-0.39, 0.29) is 0 Å². The molecule has 4 nitrogen and oxygen atoms in total. The van der Waals surface area contributed by atoms with Gasteiger partial charge in [0.1, 0.15) is 0 Å². The van der Waals surface area contributed by atoms with Crippen molar-refractivity contribution >= 4 is 5.97 Å². The van der Waals surface area contributed by atoms with Crippen LogP contribution >= 0.6 is 0 Å². The number of carboxylic acid groups (broad SMARTS) is 1. The summed E-state index contributed by atoms with van der Waals surface area (Å²) in [4.78, 5) is 11.8. The van der Waals surface area contributed by atoms with Crippen molar-refractivity contribution in [1.29, 1.82) is 0 Å². The summed E-state index contributed by atoms with van der Waals surface area (Å²) < 4.78 is 10.5. The van der Waals surface area contributed by atoms with Crippen LogP contribution in [0.25, 0.3) is 0 Å². The molecular formula is C17H24O4. The van der Waals surface area contributed by atoms with E-state index in [1.165, 1.54) is 0 Å². The fourth-order valence-corrected chi connectivity index (χ4v) is 3.47. The summed E-state index contributed by atoms with van der Waals surface area (Å²) in [5.74, 6) is 1.11. The van der Waals surface area contributed by atoms with Crippen LogP contribution in [0.5, 0.6) is 11.5 Å². The van der Waals surface area contributed by atoms with Gasteiger partial charge in [0.2, 0.25) is 0 Å². The SMILES string of the molecule is COc1ccc(CC2(C(=O)O)CCCC(C)C2)cc1OC. The Morgan fingerprint density at radius 2 is 2.05 bits per heavy atom. The molecule has 1 aromatic rings. The molecule has 2 unspecified atom stereocenters. The van der Waals surface area contributed by atoms with Crippen molar-refractivity contribution in [2.75, 3.05) is 14.2 Å². The molecule has 1 aromatic carbocycles. The van der Waals surface area contributed by atoms with E-state index in [9.17, 15) is 9.90 Å². The molecule has 2 rings (SSSR count). The van der Waals surface area contributed by atoms with Crippen molar-refractivity contribution in [2.45, 2.75) is 39.0 Å². The fourth-order valence-electron chi connectivity index (χ4n) is 3.47. The topological polar surface area (TPSA) is 55.8 Å². The predicted molar refractivity (Wildman–Crippen MR) is 81.0 cm³/mol. The Balaban J connectivity index is 2.27. The summed E-state index contributed by atoms with van der Waals surface area (Å²) in [6, 6.07) is 5.67. The predicted octanol–water partition coefficient (Wildman–Crippen LogP) is 3.53. The van der Waals surface area contributed by atoms with E-state index in [1.807, 2.05) is 18.2 Å². The zero-order valence-electron chi connectivity index (χ0n) is 13.0. The summed E-state index contributed by atoms with van der Waals surface area (Å²) in [5.41, 5.74) is 0.348. The van der Waals surface area contributed by atoms with Gasteiger partial charge in [-0.25, -0.2) is 0 Å².